The van der Waals surface area contributed by atoms with Crippen LogP contribution in [-0.4, -0.2) is 48.4 Å². The molecule has 0 fully saturated rings. The Morgan fingerprint density at radius 2 is 1.71 bits per heavy atom. The molecule has 1 atom stereocenters. The van der Waals surface area contributed by atoms with Crippen molar-refractivity contribution in [3.63, 3.8) is 0 Å². The smallest absolute Gasteiger partial charge is 0.343 e. The lowest BCUT2D eigenvalue weighted by atomic mass is 10.0. The average molecular weight is 456 g/mol. The summed E-state index contributed by atoms with van der Waals surface area (Å²) in [5, 5.41) is 6.36. The number of rotatable bonds is 8. The molecule has 1 unspecified atom stereocenters. The quantitative estimate of drug-likeness (QED) is 0.640. The topological polar surface area (TPSA) is 78.5 Å². The molecule has 0 bridgehead atoms. The third-order valence-electron chi connectivity index (χ3n) is 4.43. The molecule has 0 saturated carbocycles. The highest BCUT2D eigenvalue weighted by molar-refractivity contribution is 7.12. The number of amides is 3. The molecular weight excluding hydrogens is 431 g/mol. The highest BCUT2D eigenvalue weighted by Crippen LogP contribution is 2.15. The van der Waals surface area contributed by atoms with Crippen LogP contribution in [0.3, 0.4) is 0 Å². The summed E-state index contributed by atoms with van der Waals surface area (Å²) in [6, 6.07) is 8.66. The molecule has 1 aromatic carbocycles. The molecule has 0 aliphatic rings. The maximum absolute atomic E-state index is 12.9. The third kappa shape index (κ3) is 7.39. The van der Waals surface area contributed by atoms with Crippen LogP contribution in [-0.2, 0) is 11.3 Å². The Balaban J connectivity index is 1.98. The fourth-order valence-electron chi connectivity index (χ4n) is 2.77. The van der Waals surface area contributed by atoms with Crippen LogP contribution in [0.4, 0.5) is 13.2 Å². The molecule has 0 spiro atoms. The molecule has 0 saturated heterocycles. The molecule has 168 valence electrons. The number of thiophene rings is 1. The van der Waals surface area contributed by atoms with Crippen LogP contribution in [0.2, 0.25) is 0 Å². The van der Waals surface area contributed by atoms with Gasteiger partial charge in [-0.3, -0.25) is 14.4 Å². The van der Waals surface area contributed by atoms with Gasteiger partial charge in [0.25, 0.3) is 11.8 Å². The lowest BCUT2D eigenvalue weighted by Crippen LogP contribution is -2.49. The number of alkyl halides is 3. The molecule has 1 heterocycles. The predicted molar refractivity (Wildman–Crippen MR) is 112 cm³/mol. The van der Waals surface area contributed by atoms with E-state index in [1.54, 1.807) is 42.0 Å². The summed E-state index contributed by atoms with van der Waals surface area (Å²) in [5.41, 5.74) is 0.778. The SMILES string of the molecule is CC(C)C(NC(=O)c1cccs1)C(=O)N(C)Cc1ccc(C(=O)NCC(F)(F)F)cc1. The molecule has 2 aromatic rings. The van der Waals surface area contributed by atoms with Gasteiger partial charge in [-0.05, 0) is 35.1 Å². The normalized spacial score (nSPS) is 12.4. The Hall–Kier alpha value is -2.88. The zero-order chi connectivity index (χ0) is 23.2. The van der Waals surface area contributed by atoms with Crippen molar-refractivity contribution < 1.29 is 27.6 Å². The summed E-state index contributed by atoms with van der Waals surface area (Å²) in [5.74, 6) is -1.56. The van der Waals surface area contributed by atoms with Crippen LogP contribution in [0, 0.1) is 5.92 Å². The summed E-state index contributed by atoms with van der Waals surface area (Å²) >= 11 is 1.28. The minimum absolute atomic E-state index is 0.0882. The summed E-state index contributed by atoms with van der Waals surface area (Å²) in [7, 11) is 1.60. The largest absolute Gasteiger partial charge is 0.405 e. The first kappa shape index (κ1) is 24.4. The first-order valence-electron chi connectivity index (χ1n) is 9.51. The Morgan fingerprint density at radius 1 is 1.06 bits per heavy atom. The average Bonchev–Trinajstić information content (AvgIpc) is 3.24. The van der Waals surface area contributed by atoms with E-state index >= 15 is 0 Å². The van der Waals surface area contributed by atoms with E-state index in [0.717, 1.165) is 0 Å². The lowest BCUT2D eigenvalue weighted by Gasteiger charge is -2.27. The number of hydrogen-bond acceptors (Lipinski definition) is 4. The van der Waals surface area contributed by atoms with E-state index in [9.17, 15) is 27.6 Å². The number of carbonyl (C=O) groups is 3. The summed E-state index contributed by atoms with van der Waals surface area (Å²) < 4.78 is 36.7. The fraction of sp³-hybridized carbons (Fsp3) is 0.381. The van der Waals surface area contributed by atoms with Crippen molar-refractivity contribution in [2.24, 2.45) is 5.92 Å². The molecule has 0 radical (unpaired) electrons. The van der Waals surface area contributed by atoms with E-state index in [1.807, 2.05) is 13.8 Å². The number of benzene rings is 1. The zero-order valence-electron chi connectivity index (χ0n) is 17.3. The van der Waals surface area contributed by atoms with Gasteiger partial charge in [-0.25, -0.2) is 0 Å². The number of nitrogens with one attached hydrogen (secondary N) is 2. The second kappa shape index (κ2) is 10.4. The first-order chi connectivity index (χ1) is 14.5. The van der Waals surface area contributed by atoms with Crippen molar-refractivity contribution in [1.82, 2.24) is 15.5 Å². The molecule has 2 N–H and O–H groups in total. The van der Waals surface area contributed by atoms with Crippen molar-refractivity contribution >= 4 is 29.1 Å². The standard InChI is InChI=1S/C21H24F3N3O3S/c1-13(2)17(26-19(29)16-5-4-10-31-16)20(30)27(3)11-14-6-8-15(9-7-14)18(28)25-12-21(22,23)24/h4-10,13,17H,11-12H2,1-3H3,(H,25,28)(H,26,29). The second-order valence-electron chi connectivity index (χ2n) is 7.36. The number of carbonyl (C=O) groups excluding carboxylic acids is 3. The van der Waals surface area contributed by atoms with Gasteiger partial charge in [0, 0.05) is 19.2 Å². The van der Waals surface area contributed by atoms with Crippen LogP contribution in [0.15, 0.2) is 41.8 Å². The predicted octanol–water partition coefficient (Wildman–Crippen LogP) is 3.45. The Morgan fingerprint density at radius 3 is 2.23 bits per heavy atom. The van der Waals surface area contributed by atoms with Crippen molar-refractivity contribution in [3.05, 3.63) is 57.8 Å². The van der Waals surface area contributed by atoms with E-state index in [0.29, 0.717) is 10.4 Å². The van der Waals surface area contributed by atoms with Crippen LogP contribution < -0.4 is 10.6 Å². The molecule has 6 nitrogen and oxygen atoms in total. The summed E-state index contributed by atoms with van der Waals surface area (Å²) in [6.07, 6.45) is -4.48. The molecule has 10 heteroatoms. The van der Waals surface area contributed by atoms with Crippen LogP contribution in [0.25, 0.3) is 0 Å². The number of halogens is 3. The summed E-state index contributed by atoms with van der Waals surface area (Å²) in [4.78, 5) is 39.0. The third-order valence-corrected chi connectivity index (χ3v) is 5.29. The van der Waals surface area contributed by atoms with Crippen molar-refractivity contribution in [1.29, 1.82) is 0 Å². The van der Waals surface area contributed by atoms with E-state index in [-0.39, 0.29) is 29.8 Å². The van der Waals surface area contributed by atoms with Gasteiger partial charge in [-0.15, -0.1) is 11.3 Å². The summed E-state index contributed by atoms with van der Waals surface area (Å²) in [6.45, 7) is 2.47. The maximum atomic E-state index is 12.9. The van der Waals surface area contributed by atoms with Gasteiger partial charge < -0.3 is 15.5 Å². The fourth-order valence-corrected chi connectivity index (χ4v) is 3.39. The number of nitrogens with zero attached hydrogens (tertiary/aromatic N) is 1. The molecule has 3 amide bonds. The first-order valence-corrected chi connectivity index (χ1v) is 10.4. The van der Waals surface area contributed by atoms with Crippen molar-refractivity contribution in [2.45, 2.75) is 32.6 Å². The van der Waals surface area contributed by atoms with Gasteiger partial charge in [0.1, 0.15) is 12.6 Å². The molecular formula is C21H24F3N3O3S. The number of likely N-dealkylation sites (N-methyl/N-ethyl adjacent to an activating group) is 1. The minimum atomic E-state index is -4.48. The molecule has 2 rings (SSSR count). The minimum Gasteiger partial charge on any atom is -0.343 e. The maximum Gasteiger partial charge on any atom is 0.405 e. The van der Waals surface area contributed by atoms with Crippen molar-refractivity contribution in [2.75, 3.05) is 13.6 Å². The monoisotopic (exact) mass is 455 g/mol. The molecule has 0 aliphatic carbocycles. The molecule has 0 aliphatic heterocycles. The Labute approximate surface area is 182 Å². The zero-order valence-corrected chi connectivity index (χ0v) is 18.1. The van der Waals surface area contributed by atoms with Gasteiger partial charge in [-0.2, -0.15) is 13.2 Å². The second-order valence-corrected chi connectivity index (χ2v) is 8.31. The Kier molecular flexibility index (Phi) is 8.21. The van der Waals surface area contributed by atoms with E-state index in [1.165, 1.54) is 28.4 Å². The highest BCUT2D eigenvalue weighted by atomic mass is 32.1. The number of hydrogen-bond donors (Lipinski definition) is 2. The van der Waals surface area contributed by atoms with Crippen LogP contribution in [0.1, 0.15) is 39.4 Å². The van der Waals surface area contributed by atoms with Gasteiger partial charge in [0.15, 0.2) is 0 Å². The van der Waals surface area contributed by atoms with E-state index in [4.69, 9.17) is 0 Å². The van der Waals surface area contributed by atoms with Crippen LogP contribution in [0.5, 0.6) is 0 Å². The van der Waals surface area contributed by atoms with E-state index < -0.39 is 24.7 Å². The van der Waals surface area contributed by atoms with Gasteiger partial charge in [0.2, 0.25) is 5.91 Å². The lowest BCUT2D eigenvalue weighted by molar-refractivity contribution is -0.133. The van der Waals surface area contributed by atoms with Gasteiger partial charge in [0.05, 0.1) is 4.88 Å². The Bertz CT molecular complexity index is 897. The van der Waals surface area contributed by atoms with Gasteiger partial charge in [-0.1, -0.05) is 32.0 Å². The molecule has 31 heavy (non-hydrogen) atoms. The highest BCUT2D eigenvalue weighted by Gasteiger charge is 2.29. The van der Waals surface area contributed by atoms with Gasteiger partial charge >= 0.3 is 6.18 Å². The molecule has 1 aromatic heterocycles. The van der Waals surface area contributed by atoms with Crippen molar-refractivity contribution in [3.8, 4) is 0 Å². The van der Waals surface area contributed by atoms with Crippen LogP contribution >= 0.6 is 11.3 Å². The van der Waals surface area contributed by atoms with E-state index in [2.05, 4.69) is 5.32 Å².